The number of aliphatic carboxylic acids is 1. The molecule has 1 fully saturated rings. The van der Waals surface area contributed by atoms with Crippen molar-refractivity contribution < 1.29 is 23.5 Å². The topological polar surface area (TPSA) is 110 Å². The Morgan fingerprint density at radius 2 is 1.18 bits per heavy atom. The predicted octanol–water partition coefficient (Wildman–Crippen LogP) is 10.1. The van der Waals surface area contributed by atoms with E-state index in [2.05, 4.69) is 94.8 Å². The lowest BCUT2D eigenvalue weighted by molar-refractivity contribution is -0.147. The van der Waals surface area contributed by atoms with Gasteiger partial charge in [-0.2, -0.15) is 0 Å². The first kappa shape index (κ1) is 36.3. The molecule has 0 spiro atoms. The number of aldehydes is 1. The molecule has 4 aromatic heterocycles. The highest BCUT2D eigenvalue weighted by atomic mass is 16.4. The van der Waals surface area contributed by atoms with Crippen LogP contribution < -0.4 is 0 Å². The van der Waals surface area contributed by atoms with Gasteiger partial charge in [-0.15, -0.1) is 0 Å². The van der Waals surface area contributed by atoms with Crippen molar-refractivity contribution in [3.8, 4) is 22.9 Å². The lowest BCUT2D eigenvalue weighted by Crippen LogP contribution is -2.49. The van der Waals surface area contributed by atoms with Crippen LogP contribution in [0, 0.1) is 19.8 Å². The number of rotatable bonds is 10. The van der Waals surface area contributed by atoms with Gasteiger partial charge in [0.05, 0.1) is 5.92 Å². The zero-order valence-electron chi connectivity index (χ0n) is 31.3. The summed E-state index contributed by atoms with van der Waals surface area (Å²) in [7, 11) is 0. The quantitative estimate of drug-likeness (QED) is 0.138. The normalized spacial score (nSPS) is 13.0. The number of carboxylic acid groups (broad SMARTS) is 1. The van der Waals surface area contributed by atoms with Crippen LogP contribution in [0.15, 0.2) is 142 Å². The highest BCUT2D eigenvalue weighted by Crippen LogP contribution is 2.31. The molecule has 0 saturated carbocycles. The van der Waals surface area contributed by atoms with Crippen LogP contribution >= 0.6 is 0 Å². The molecule has 0 radical (unpaired) electrons. The predicted molar refractivity (Wildman–Crippen MR) is 219 cm³/mol. The maximum atomic E-state index is 11.0. The number of nitrogens with zero attached hydrogens (tertiary/aromatic N) is 3. The van der Waals surface area contributed by atoms with Crippen LogP contribution in [0.2, 0.25) is 0 Å². The molecule has 0 aliphatic carbocycles. The zero-order valence-corrected chi connectivity index (χ0v) is 31.3. The van der Waals surface area contributed by atoms with Crippen LogP contribution in [0.5, 0.6) is 0 Å². The number of likely N-dealkylation sites (tertiary alicyclic amines) is 1. The van der Waals surface area contributed by atoms with E-state index in [1.165, 1.54) is 22.3 Å². The maximum absolute atomic E-state index is 11.0. The summed E-state index contributed by atoms with van der Waals surface area (Å²) in [6, 6.07) is 45.1. The second-order valence-corrected chi connectivity index (χ2v) is 14.4. The number of furan rings is 2. The van der Waals surface area contributed by atoms with Gasteiger partial charge < -0.3 is 13.9 Å². The highest BCUT2D eigenvalue weighted by molar-refractivity contribution is 5.84. The van der Waals surface area contributed by atoms with Gasteiger partial charge in [0.25, 0.3) is 0 Å². The summed E-state index contributed by atoms with van der Waals surface area (Å²) in [6.45, 7) is 5.75. The van der Waals surface area contributed by atoms with Crippen molar-refractivity contribution in [2.75, 3.05) is 13.1 Å². The summed E-state index contributed by atoms with van der Waals surface area (Å²) >= 11 is 0. The summed E-state index contributed by atoms with van der Waals surface area (Å²) in [5.74, 6) is 0.525. The Kier molecular flexibility index (Phi) is 10.4. The van der Waals surface area contributed by atoms with Crippen molar-refractivity contribution in [3.63, 3.8) is 0 Å². The largest absolute Gasteiger partial charge is 0.481 e. The van der Waals surface area contributed by atoms with Gasteiger partial charge in [0.2, 0.25) is 0 Å². The minimum absolute atomic E-state index is 0.241. The molecule has 1 saturated heterocycles. The Labute approximate surface area is 325 Å². The number of aromatic nitrogens is 2. The Bertz CT molecular complexity index is 2660. The van der Waals surface area contributed by atoms with Gasteiger partial charge in [-0.1, -0.05) is 78.9 Å². The van der Waals surface area contributed by atoms with E-state index in [0.29, 0.717) is 30.1 Å². The van der Waals surface area contributed by atoms with E-state index in [1.807, 2.05) is 56.3 Å². The molecular formula is C48H41N3O5. The molecule has 8 heteroatoms. The number of carbonyl (C=O) groups excluding carboxylic acids is 1. The molecule has 0 unspecified atom stereocenters. The van der Waals surface area contributed by atoms with Crippen molar-refractivity contribution in [1.82, 2.24) is 14.9 Å². The van der Waals surface area contributed by atoms with E-state index in [4.69, 9.17) is 18.9 Å². The Morgan fingerprint density at radius 1 is 0.661 bits per heavy atom. The molecule has 0 atom stereocenters. The molecule has 1 aliphatic rings. The van der Waals surface area contributed by atoms with Crippen molar-refractivity contribution in [2.45, 2.75) is 33.2 Å². The monoisotopic (exact) mass is 739 g/mol. The molecule has 1 aliphatic heterocycles. The number of fused-ring (bicyclic) bond motifs is 2. The molecule has 0 bridgehead atoms. The van der Waals surface area contributed by atoms with E-state index in [0.717, 1.165) is 76.0 Å². The summed E-state index contributed by atoms with van der Waals surface area (Å²) in [5.41, 5.74) is 11.7. The van der Waals surface area contributed by atoms with Crippen molar-refractivity contribution in [3.05, 3.63) is 178 Å². The van der Waals surface area contributed by atoms with E-state index in [-0.39, 0.29) is 5.92 Å². The maximum Gasteiger partial charge on any atom is 0.309 e. The third-order valence-corrected chi connectivity index (χ3v) is 10.3. The molecule has 278 valence electrons. The molecule has 56 heavy (non-hydrogen) atoms. The van der Waals surface area contributed by atoms with Crippen molar-refractivity contribution in [2.24, 2.45) is 5.92 Å². The van der Waals surface area contributed by atoms with Gasteiger partial charge in [0.15, 0.2) is 17.8 Å². The van der Waals surface area contributed by atoms with Crippen LogP contribution in [0.1, 0.15) is 49.6 Å². The van der Waals surface area contributed by atoms with Crippen LogP contribution in [-0.4, -0.2) is 45.3 Å². The van der Waals surface area contributed by atoms with Crippen LogP contribution in [-0.2, 0) is 24.2 Å². The number of carbonyl (C=O) groups is 2. The number of pyridine rings is 2. The van der Waals surface area contributed by atoms with Gasteiger partial charge in [-0.05, 0) is 109 Å². The van der Waals surface area contributed by atoms with E-state index in [9.17, 15) is 9.59 Å². The molecular weight excluding hydrogens is 699 g/mol. The van der Waals surface area contributed by atoms with E-state index in [1.54, 1.807) is 6.07 Å². The minimum Gasteiger partial charge on any atom is -0.481 e. The lowest BCUT2D eigenvalue weighted by Gasteiger charge is -2.36. The fourth-order valence-corrected chi connectivity index (χ4v) is 7.15. The first-order valence-corrected chi connectivity index (χ1v) is 18.8. The number of aryl methyl sites for hydroxylation is 2. The molecule has 8 aromatic rings. The van der Waals surface area contributed by atoms with Crippen LogP contribution in [0.25, 0.3) is 44.8 Å². The van der Waals surface area contributed by atoms with Crippen molar-refractivity contribution in [1.29, 1.82) is 0 Å². The number of carboxylic acids is 1. The number of hydrogen-bond acceptors (Lipinski definition) is 7. The molecule has 0 amide bonds. The summed E-state index contributed by atoms with van der Waals surface area (Å²) in [6.07, 6.45) is 2.60. The fourth-order valence-electron chi connectivity index (χ4n) is 7.15. The summed E-state index contributed by atoms with van der Waals surface area (Å²) in [5, 5.41) is 11.2. The summed E-state index contributed by atoms with van der Waals surface area (Å²) < 4.78 is 12.0. The Balaban J connectivity index is 0.000000161. The van der Waals surface area contributed by atoms with Crippen molar-refractivity contribution >= 4 is 34.2 Å². The second kappa shape index (κ2) is 16.0. The molecule has 1 N–H and O–H groups in total. The molecule has 8 nitrogen and oxygen atoms in total. The summed E-state index contributed by atoms with van der Waals surface area (Å²) in [4.78, 5) is 33.3. The Hall–Kier alpha value is -6.64. The SMILES string of the molecule is Cc1nc(-c2cc3cc(Cc4ccccc4)ccc3o2)ccc1C=O.Cc1nc(-c2cc3cc(Cc4ccccc4)ccc3o2)ccc1CN1CC(C(=O)O)C1. The lowest BCUT2D eigenvalue weighted by atomic mass is 9.99. The average Bonchev–Trinajstić information content (AvgIpc) is 3.82. The molecule has 4 aromatic carbocycles. The second-order valence-electron chi connectivity index (χ2n) is 14.4. The Morgan fingerprint density at radius 3 is 1.66 bits per heavy atom. The first-order chi connectivity index (χ1) is 27.3. The third kappa shape index (κ3) is 8.21. The number of benzene rings is 4. The van der Waals surface area contributed by atoms with Crippen LogP contribution in [0.4, 0.5) is 0 Å². The standard InChI is InChI=1S/C26H24N2O3.C22H17NO2/c1-17-20(14-28-15-22(16-28)26(29)30)8-9-23(27-17)25-13-21-12-19(7-10-24(21)31-25)11-18-5-3-2-4-6-18;1-15-18(14-24)8-9-20(23-15)22-13-19-12-17(7-10-21(19)25-22)11-16-5-3-2-4-6-16/h2-10,12-13,22H,11,14-16H2,1H3,(H,29,30);2-10,12-14H,11H2,1H3. The zero-order chi connectivity index (χ0) is 38.6. The van der Waals surface area contributed by atoms with Crippen LogP contribution in [0.3, 0.4) is 0 Å². The smallest absolute Gasteiger partial charge is 0.309 e. The molecule has 5 heterocycles. The van der Waals surface area contributed by atoms with E-state index < -0.39 is 5.97 Å². The molecule has 9 rings (SSSR count). The minimum atomic E-state index is -0.710. The van der Waals surface area contributed by atoms with Gasteiger partial charge in [0, 0.05) is 47.4 Å². The third-order valence-electron chi connectivity index (χ3n) is 10.3. The average molecular weight is 740 g/mol. The van der Waals surface area contributed by atoms with Gasteiger partial charge in [0.1, 0.15) is 22.6 Å². The van der Waals surface area contributed by atoms with E-state index >= 15 is 0 Å². The fraction of sp³-hybridized carbons (Fsp3) is 0.167. The van der Waals surface area contributed by atoms with Gasteiger partial charge in [-0.25, -0.2) is 9.97 Å². The highest BCUT2D eigenvalue weighted by Gasteiger charge is 2.32. The number of hydrogen-bond donors (Lipinski definition) is 1. The van der Waals surface area contributed by atoms with Gasteiger partial charge >= 0.3 is 5.97 Å². The first-order valence-electron chi connectivity index (χ1n) is 18.8. The van der Waals surface area contributed by atoms with Gasteiger partial charge in [-0.3, -0.25) is 14.5 Å².